The molecule has 0 unspecified atom stereocenters. The fourth-order valence-corrected chi connectivity index (χ4v) is 2.45. The van der Waals surface area contributed by atoms with E-state index in [9.17, 15) is 5.11 Å². The van der Waals surface area contributed by atoms with Crippen LogP contribution in [0.5, 0.6) is 11.5 Å². The highest BCUT2D eigenvalue weighted by atomic mass is 16.5. The van der Waals surface area contributed by atoms with E-state index in [0.29, 0.717) is 17.1 Å². The van der Waals surface area contributed by atoms with Gasteiger partial charge in [0.25, 0.3) is 0 Å². The number of aromatic nitrogens is 3. The van der Waals surface area contributed by atoms with E-state index in [2.05, 4.69) is 10.3 Å². The largest absolute Gasteiger partial charge is 0.497 e. The molecular formula is C17H17N3O3. The van der Waals surface area contributed by atoms with Crippen molar-refractivity contribution < 1.29 is 14.6 Å². The van der Waals surface area contributed by atoms with Gasteiger partial charge in [0, 0.05) is 5.56 Å². The van der Waals surface area contributed by atoms with Crippen LogP contribution in [0.25, 0.3) is 16.9 Å². The van der Waals surface area contributed by atoms with Crippen LogP contribution in [0, 0.1) is 0 Å². The third-order valence-electron chi connectivity index (χ3n) is 3.55. The molecule has 0 aliphatic heterocycles. The Hall–Kier alpha value is -2.86. The predicted molar refractivity (Wildman–Crippen MR) is 85.8 cm³/mol. The SMILES string of the molecule is COc1cccc(-c2c(CO)nnn2-c2ccccc2OC)c1. The van der Waals surface area contributed by atoms with Crippen LogP contribution < -0.4 is 9.47 Å². The highest BCUT2D eigenvalue weighted by Gasteiger charge is 2.18. The molecule has 3 aromatic rings. The first-order valence-electron chi connectivity index (χ1n) is 7.11. The number of aliphatic hydroxyl groups excluding tert-OH is 1. The van der Waals surface area contributed by atoms with E-state index in [1.807, 2.05) is 48.5 Å². The summed E-state index contributed by atoms with van der Waals surface area (Å²) in [5, 5.41) is 17.9. The average Bonchev–Trinajstić information content (AvgIpc) is 3.05. The van der Waals surface area contributed by atoms with Crippen LogP contribution in [-0.2, 0) is 6.61 Å². The second-order valence-electron chi connectivity index (χ2n) is 4.86. The number of rotatable bonds is 5. The molecule has 0 aliphatic rings. The van der Waals surface area contributed by atoms with Gasteiger partial charge < -0.3 is 14.6 Å². The van der Waals surface area contributed by atoms with Crippen LogP contribution in [0.1, 0.15) is 5.69 Å². The highest BCUT2D eigenvalue weighted by Crippen LogP contribution is 2.31. The van der Waals surface area contributed by atoms with Gasteiger partial charge in [-0.2, -0.15) is 0 Å². The van der Waals surface area contributed by atoms with Gasteiger partial charge in [-0.25, -0.2) is 4.68 Å². The van der Waals surface area contributed by atoms with Crippen molar-refractivity contribution in [2.75, 3.05) is 14.2 Å². The van der Waals surface area contributed by atoms with E-state index < -0.39 is 0 Å². The molecule has 0 aliphatic carbocycles. The summed E-state index contributed by atoms with van der Waals surface area (Å²) in [5.74, 6) is 1.39. The number of nitrogens with zero attached hydrogens (tertiary/aromatic N) is 3. The van der Waals surface area contributed by atoms with E-state index in [0.717, 1.165) is 17.0 Å². The monoisotopic (exact) mass is 311 g/mol. The Kier molecular flexibility index (Phi) is 4.25. The van der Waals surface area contributed by atoms with Crippen molar-refractivity contribution in [3.63, 3.8) is 0 Å². The molecule has 3 rings (SSSR count). The molecule has 0 spiro atoms. The molecule has 0 saturated carbocycles. The first-order valence-corrected chi connectivity index (χ1v) is 7.11. The average molecular weight is 311 g/mol. The Morgan fingerprint density at radius 3 is 2.61 bits per heavy atom. The number of hydrogen-bond donors (Lipinski definition) is 1. The molecule has 0 amide bonds. The molecule has 0 fully saturated rings. The van der Waals surface area contributed by atoms with Crippen molar-refractivity contribution in [3.05, 3.63) is 54.2 Å². The maximum atomic E-state index is 9.61. The topological polar surface area (TPSA) is 69.4 Å². The quantitative estimate of drug-likeness (QED) is 0.784. The number of para-hydroxylation sites is 2. The molecule has 6 heteroatoms. The summed E-state index contributed by atoms with van der Waals surface area (Å²) >= 11 is 0. The van der Waals surface area contributed by atoms with E-state index >= 15 is 0 Å². The standard InChI is InChI=1S/C17H17N3O3/c1-22-13-7-5-6-12(10-13)17-14(11-21)18-19-20(17)15-8-3-4-9-16(15)23-2/h3-10,21H,11H2,1-2H3. The maximum absolute atomic E-state index is 9.61. The lowest BCUT2D eigenvalue weighted by atomic mass is 10.1. The van der Waals surface area contributed by atoms with E-state index in [-0.39, 0.29) is 6.61 Å². The molecule has 118 valence electrons. The van der Waals surface area contributed by atoms with Crippen LogP contribution in [0.15, 0.2) is 48.5 Å². The predicted octanol–water partition coefficient (Wildman–Crippen LogP) is 2.44. The molecule has 23 heavy (non-hydrogen) atoms. The zero-order valence-corrected chi connectivity index (χ0v) is 12.9. The van der Waals surface area contributed by atoms with Crippen LogP contribution in [-0.4, -0.2) is 34.3 Å². The third kappa shape index (κ3) is 2.76. The van der Waals surface area contributed by atoms with E-state index in [4.69, 9.17) is 9.47 Å². The van der Waals surface area contributed by atoms with Crippen molar-refractivity contribution in [1.29, 1.82) is 0 Å². The van der Waals surface area contributed by atoms with Crippen molar-refractivity contribution in [2.24, 2.45) is 0 Å². The molecule has 0 saturated heterocycles. The minimum Gasteiger partial charge on any atom is -0.497 e. The third-order valence-corrected chi connectivity index (χ3v) is 3.55. The summed E-state index contributed by atoms with van der Waals surface area (Å²) in [5.41, 5.74) is 2.80. The van der Waals surface area contributed by atoms with Crippen molar-refractivity contribution in [1.82, 2.24) is 15.0 Å². The summed E-state index contributed by atoms with van der Waals surface area (Å²) in [7, 11) is 3.22. The van der Waals surface area contributed by atoms with Crippen LogP contribution >= 0.6 is 0 Å². The molecule has 2 aromatic carbocycles. The number of ether oxygens (including phenoxy) is 2. The van der Waals surface area contributed by atoms with E-state index in [1.54, 1.807) is 18.9 Å². The Balaban J connectivity index is 2.22. The van der Waals surface area contributed by atoms with Gasteiger partial charge in [-0.05, 0) is 24.3 Å². The van der Waals surface area contributed by atoms with E-state index in [1.165, 1.54) is 0 Å². The zero-order valence-electron chi connectivity index (χ0n) is 12.9. The Morgan fingerprint density at radius 2 is 1.87 bits per heavy atom. The minimum absolute atomic E-state index is 0.207. The first-order chi connectivity index (χ1) is 11.3. The summed E-state index contributed by atoms with van der Waals surface area (Å²) < 4.78 is 12.3. The molecule has 0 bridgehead atoms. The van der Waals surface area contributed by atoms with Crippen LogP contribution in [0.2, 0.25) is 0 Å². The number of methoxy groups -OCH3 is 2. The normalized spacial score (nSPS) is 10.6. The summed E-state index contributed by atoms with van der Waals surface area (Å²) in [6.45, 7) is -0.207. The summed E-state index contributed by atoms with van der Waals surface area (Å²) in [6.07, 6.45) is 0. The Bertz CT molecular complexity index is 814. The van der Waals surface area contributed by atoms with Gasteiger partial charge in [0.15, 0.2) is 0 Å². The fourth-order valence-electron chi connectivity index (χ4n) is 2.45. The summed E-state index contributed by atoms with van der Waals surface area (Å²) in [4.78, 5) is 0. The molecular weight excluding hydrogens is 294 g/mol. The lowest BCUT2D eigenvalue weighted by molar-refractivity contribution is 0.277. The van der Waals surface area contributed by atoms with Crippen molar-refractivity contribution in [2.45, 2.75) is 6.61 Å². The molecule has 1 heterocycles. The fraction of sp³-hybridized carbons (Fsp3) is 0.176. The molecule has 0 radical (unpaired) electrons. The molecule has 1 aromatic heterocycles. The number of hydrogen-bond acceptors (Lipinski definition) is 5. The maximum Gasteiger partial charge on any atom is 0.144 e. The van der Waals surface area contributed by atoms with Gasteiger partial charge in [-0.1, -0.05) is 29.5 Å². The van der Waals surface area contributed by atoms with Gasteiger partial charge >= 0.3 is 0 Å². The zero-order chi connectivity index (χ0) is 16.2. The lowest BCUT2D eigenvalue weighted by Crippen LogP contribution is -2.03. The minimum atomic E-state index is -0.207. The van der Waals surface area contributed by atoms with Crippen molar-refractivity contribution in [3.8, 4) is 28.4 Å². The van der Waals surface area contributed by atoms with Gasteiger partial charge in [-0.3, -0.25) is 0 Å². The lowest BCUT2D eigenvalue weighted by Gasteiger charge is -2.12. The molecule has 1 N–H and O–H groups in total. The van der Waals surface area contributed by atoms with Crippen molar-refractivity contribution >= 4 is 0 Å². The Labute approximate surface area is 133 Å². The van der Waals surface area contributed by atoms with Gasteiger partial charge in [-0.15, -0.1) is 5.10 Å². The second-order valence-corrected chi connectivity index (χ2v) is 4.86. The number of aliphatic hydroxyl groups is 1. The second kappa shape index (κ2) is 6.50. The van der Waals surface area contributed by atoms with Crippen LogP contribution in [0.3, 0.4) is 0 Å². The smallest absolute Gasteiger partial charge is 0.144 e. The highest BCUT2D eigenvalue weighted by molar-refractivity contribution is 5.67. The van der Waals surface area contributed by atoms with Crippen LogP contribution in [0.4, 0.5) is 0 Å². The summed E-state index contributed by atoms with van der Waals surface area (Å²) in [6, 6.07) is 15.1. The van der Waals surface area contributed by atoms with Gasteiger partial charge in [0.2, 0.25) is 0 Å². The van der Waals surface area contributed by atoms with Gasteiger partial charge in [0.1, 0.15) is 28.6 Å². The number of benzene rings is 2. The molecule has 6 nitrogen and oxygen atoms in total. The first kappa shape index (κ1) is 15.1. The molecule has 0 atom stereocenters. The Morgan fingerprint density at radius 1 is 1.04 bits per heavy atom. The van der Waals surface area contributed by atoms with Gasteiger partial charge in [0.05, 0.1) is 20.8 Å².